The summed E-state index contributed by atoms with van der Waals surface area (Å²) in [7, 11) is 1.74. The molecule has 0 saturated carbocycles. The Morgan fingerprint density at radius 2 is 1.96 bits per heavy atom. The van der Waals surface area contributed by atoms with Crippen LogP contribution < -0.4 is 0 Å². The minimum absolute atomic E-state index is 0.114. The first-order valence-corrected chi connectivity index (χ1v) is 10.2. The summed E-state index contributed by atoms with van der Waals surface area (Å²) in [6.45, 7) is 1.51. The Morgan fingerprint density at radius 3 is 2.74 bits per heavy atom. The van der Waals surface area contributed by atoms with Gasteiger partial charge in [-0.1, -0.05) is 18.2 Å². The number of pyridine rings is 1. The number of thioether (sulfide) groups is 1. The van der Waals surface area contributed by atoms with Crippen LogP contribution in [0.3, 0.4) is 0 Å². The van der Waals surface area contributed by atoms with E-state index in [-0.39, 0.29) is 12.0 Å². The van der Waals surface area contributed by atoms with E-state index in [0.717, 1.165) is 53.5 Å². The molecule has 3 aromatic rings. The van der Waals surface area contributed by atoms with E-state index in [9.17, 15) is 4.79 Å². The van der Waals surface area contributed by atoms with Crippen molar-refractivity contribution in [2.45, 2.75) is 29.6 Å². The fourth-order valence-electron chi connectivity index (χ4n) is 3.44. The average molecular weight is 382 g/mol. The second-order valence-electron chi connectivity index (χ2n) is 6.71. The van der Waals surface area contributed by atoms with Crippen LogP contribution in [0, 0.1) is 0 Å². The molecule has 27 heavy (non-hydrogen) atoms. The highest BCUT2D eigenvalue weighted by molar-refractivity contribution is 7.98. The highest BCUT2D eigenvalue weighted by atomic mass is 32.2. The van der Waals surface area contributed by atoms with E-state index in [0.29, 0.717) is 0 Å². The molecule has 0 unspecified atom stereocenters. The molecule has 140 valence electrons. The Hall–Kier alpha value is -2.31. The first kappa shape index (κ1) is 18.1. The van der Waals surface area contributed by atoms with Crippen LogP contribution in [0.4, 0.5) is 0 Å². The fourth-order valence-corrected chi connectivity index (χ4v) is 4.37. The molecule has 3 heterocycles. The maximum atomic E-state index is 13.0. The molecule has 1 aliphatic rings. The molecule has 1 fully saturated rings. The number of rotatable bonds is 5. The monoisotopic (exact) mass is 381 g/mol. The number of aromatic nitrogens is 2. The van der Waals surface area contributed by atoms with E-state index in [1.165, 1.54) is 0 Å². The Morgan fingerprint density at radius 1 is 1.19 bits per heavy atom. The summed E-state index contributed by atoms with van der Waals surface area (Å²) in [4.78, 5) is 20.6. The average Bonchev–Trinajstić information content (AvgIpc) is 3.15. The SMILES string of the molecule is COC1CCN(C(=O)c2ccccc2SCc2cn3ccccc3n2)CC1. The largest absolute Gasteiger partial charge is 0.381 e. The van der Waals surface area contributed by atoms with Gasteiger partial charge < -0.3 is 14.0 Å². The quantitative estimate of drug-likeness (QED) is 0.630. The third-order valence-corrected chi connectivity index (χ3v) is 6.08. The van der Waals surface area contributed by atoms with Crippen molar-refractivity contribution in [3.63, 3.8) is 0 Å². The first-order chi connectivity index (χ1) is 13.2. The highest BCUT2D eigenvalue weighted by Crippen LogP contribution is 2.28. The minimum atomic E-state index is 0.114. The van der Waals surface area contributed by atoms with Crippen LogP contribution in [0.5, 0.6) is 0 Å². The molecule has 0 atom stereocenters. The zero-order chi connectivity index (χ0) is 18.6. The summed E-state index contributed by atoms with van der Waals surface area (Å²) in [5.41, 5.74) is 2.73. The number of amides is 1. The van der Waals surface area contributed by atoms with Gasteiger partial charge in [0, 0.05) is 43.2 Å². The van der Waals surface area contributed by atoms with E-state index in [1.54, 1.807) is 18.9 Å². The van der Waals surface area contributed by atoms with Crippen LogP contribution in [0.1, 0.15) is 28.9 Å². The molecule has 0 spiro atoms. The van der Waals surface area contributed by atoms with Crippen molar-refractivity contribution in [1.82, 2.24) is 14.3 Å². The van der Waals surface area contributed by atoms with E-state index in [2.05, 4.69) is 4.98 Å². The molecule has 1 amide bonds. The lowest BCUT2D eigenvalue weighted by atomic mass is 10.1. The molecule has 0 N–H and O–H groups in total. The Bertz CT molecular complexity index is 899. The van der Waals surface area contributed by atoms with Gasteiger partial charge in [0.05, 0.1) is 17.4 Å². The number of likely N-dealkylation sites (tertiary alicyclic amines) is 1. The Balaban J connectivity index is 1.46. The normalized spacial score (nSPS) is 15.4. The minimum Gasteiger partial charge on any atom is -0.381 e. The molecular weight excluding hydrogens is 358 g/mol. The summed E-state index contributed by atoms with van der Waals surface area (Å²) in [5, 5.41) is 0. The van der Waals surface area contributed by atoms with Crippen molar-refractivity contribution < 1.29 is 9.53 Å². The van der Waals surface area contributed by atoms with Crippen molar-refractivity contribution in [2.24, 2.45) is 0 Å². The number of nitrogens with zero attached hydrogens (tertiary/aromatic N) is 3. The molecule has 0 aliphatic carbocycles. The number of methoxy groups -OCH3 is 1. The van der Waals surface area contributed by atoms with Gasteiger partial charge in [0.15, 0.2) is 0 Å². The van der Waals surface area contributed by atoms with E-state index < -0.39 is 0 Å². The molecule has 4 rings (SSSR count). The number of benzene rings is 1. The van der Waals surface area contributed by atoms with Gasteiger partial charge in [-0.05, 0) is 37.1 Å². The standard InChI is InChI=1S/C21H23N3O2S/c1-26-17-9-12-23(13-10-17)21(25)18-6-2-3-7-19(18)27-15-16-14-24-11-5-4-8-20(24)22-16/h2-8,11,14,17H,9-10,12-13,15H2,1H3. The lowest BCUT2D eigenvalue weighted by Gasteiger charge is -2.31. The van der Waals surface area contributed by atoms with Gasteiger partial charge in [-0.25, -0.2) is 4.98 Å². The third kappa shape index (κ3) is 4.01. The van der Waals surface area contributed by atoms with Crippen molar-refractivity contribution >= 4 is 23.3 Å². The van der Waals surface area contributed by atoms with Crippen LogP contribution in [-0.4, -0.2) is 46.5 Å². The summed E-state index contributed by atoms with van der Waals surface area (Å²) < 4.78 is 7.43. The molecule has 5 nitrogen and oxygen atoms in total. The molecule has 6 heteroatoms. The number of carbonyl (C=O) groups excluding carboxylic acids is 1. The fraction of sp³-hybridized carbons (Fsp3) is 0.333. The van der Waals surface area contributed by atoms with Crippen LogP contribution in [0.25, 0.3) is 5.65 Å². The number of fused-ring (bicyclic) bond motifs is 1. The van der Waals surface area contributed by atoms with Gasteiger partial charge in [0.2, 0.25) is 0 Å². The van der Waals surface area contributed by atoms with Gasteiger partial charge in [0.25, 0.3) is 5.91 Å². The predicted octanol–water partition coefficient (Wildman–Crippen LogP) is 3.88. The predicted molar refractivity (Wildman–Crippen MR) is 107 cm³/mol. The summed E-state index contributed by atoms with van der Waals surface area (Å²) in [6.07, 6.45) is 6.12. The molecule has 0 bridgehead atoms. The number of carbonyl (C=O) groups is 1. The van der Waals surface area contributed by atoms with E-state index in [4.69, 9.17) is 4.74 Å². The molecule has 1 aromatic carbocycles. The Kier molecular flexibility index (Phi) is 5.45. The summed E-state index contributed by atoms with van der Waals surface area (Å²) in [5.74, 6) is 0.847. The zero-order valence-corrected chi connectivity index (χ0v) is 16.2. The zero-order valence-electron chi connectivity index (χ0n) is 15.4. The topological polar surface area (TPSA) is 46.8 Å². The van der Waals surface area contributed by atoms with Gasteiger partial charge in [-0.3, -0.25) is 4.79 Å². The number of hydrogen-bond acceptors (Lipinski definition) is 4. The second kappa shape index (κ2) is 8.15. The maximum absolute atomic E-state index is 13.0. The lowest BCUT2D eigenvalue weighted by Crippen LogP contribution is -2.40. The van der Waals surface area contributed by atoms with Gasteiger partial charge in [-0.2, -0.15) is 0 Å². The first-order valence-electron chi connectivity index (χ1n) is 9.21. The van der Waals surface area contributed by atoms with Crippen LogP contribution >= 0.6 is 11.8 Å². The van der Waals surface area contributed by atoms with Crippen molar-refractivity contribution in [2.75, 3.05) is 20.2 Å². The van der Waals surface area contributed by atoms with Crippen LogP contribution in [0.2, 0.25) is 0 Å². The molecule has 0 radical (unpaired) electrons. The van der Waals surface area contributed by atoms with Crippen molar-refractivity contribution in [3.05, 3.63) is 66.1 Å². The number of imidazole rings is 1. The smallest absolute Gasteiger partial charge is 0.254 e. The maximum Gasteiger partial charge on any atom is 0.254 e. The van der Waals surface area contributed by atoms with Gasteiger partial charge >= 0.3 is 0 Å². The second-order valence-corrected chi connectivity index (χ2v) is 7.73. The lowest BCUT2D eigenvalue weighted by molar-refractivity contribution is 0.0349. The Labute approximate surface area is 163 Å². The molecular formula is C21H23N3O2S. The summed E-state index contributed by atoms with van der Waals surface area (Å²) >= 11 is 1.66. The number of hydrogen-bond donors (Lipinski definition) is 0. The van der Waals surface area contributed by atoms with Crippen molar-refractivity contribution in [3.8, 4) is 0 Å². The summed E-state index contributed by atoms with van der Waals surface area (Å²) in [6, 6.07) is 13.8. The third-order valence-electron chi connectivity index (χ3n) is 4.97. The molecule has 1 aliphatic heterocycles. The van der Waals surface area contributed by atoms with Gasteiger partial charge in [-0.15, -0.1) is 11.8 Å². The number of piperidine rings is 1. The van der Waals surface area contributed by atoms with Gasteiger partial charge in [0.1, 0.15) is 5.65 Å². The van der Waals surface area contributed by atoms with E-state index >= 15 is 0 Å². The number of ether oxygens (including phenoxy) is 1. The van der Waals surface area contributed by atoms with Crippen LogP contribution in [-0.2, 0) is 10.5 Å². The molecule has 2 aromatic heterocycles. The van der Waals surface area contributed by atoms with E-state index in [1.807, 2.05) is 64.2 Å². The van der Waals surface area contributed by atoms with Crippen molar-refractivity contribution in [1.29, 1.82) is 0 Å². The molecule has 1 saturated heterocycles. The highest BCUT2D eigenvalue weighted by Gasteiger charge is 2.24. The van der Waals surface area contributed by atoms with Crippen LogP contribution in [0.15, 0.2) is 59.8 Å².